The molecule has 0 unspecified atom stereocenters. The average Bonchev–Trinajstić information content (AvgIpc) is 2.45. The molecule has 6 nitrogen and oxygen atoms in total. The van der Waals surface area contributed by atoms with Crippen LogP contribution in [0, 0.1) is 17.0 Å². The molecule has 0 atom stereocenters. The van der Waals surface area contributed by atoms with Crippen molar-refractivity contribution >= 4 is 23.0 Å². The van der Waals surface area contributed by atoms with E-state index in [1.54, 1.807) is 7.05 Å². The molecular weight excluding hydrogens is 270 g/mol. The molecule has 0 radical (unpaired) electrons. The number of nitro groups is 1. The minimum Gasteiger partial charge on any atom is -0.393 e. The largest absolute Gasteiger partial charge is 0.393 e. The van der Waals surface area contributed by atoms with Gasteiger partial charge in [0.25, 0.3) is 11.6 Å². The van der Waals surface area contributed by atoms with Gasteiger partial charge < -0.3 is 10.6 Å². The molecule has 108 valence electrons. The second kappa shape index (κ2) is 5.62. The summed E-state index contributed by atoms with van der Waals surface area (Å²) in [4.78, 5) is 24.1. The Balaban J connectivity index is 2.34. The van der Waals surface area contributed by atoms with E-state index in [0.717, 1.165) is 11.3 Å². The minimum atomic E-state index is -0.575. The third-order valence-corrected chi connectivity index (χ3v) is 3.25. The van der Waals surface area contributed by atoms with Gasteiger partial charge in [0.15, 0.2) is 0 Å². The number of para-hydroxylation sites is 1. The van der Waals surface area contributed by atoms with Crippen molar-refractivity contribution in [2.75, 3.05) is 17.7 Å². The van der Waals surface area contributed by atoms with E-state index in [1.165, 1.54) is 23.1 Å². The highest BCUT2D eigenvalue weighted by atomic mass is 16.6. The average molecular weight is 285 g/mol. The molecule has 0 aliphatic rings. The molecule has 0 aliphatic carbocycles. The summed E-state index contributed by atoms with van der Waals surface area (Å²) in [6.45, 7) is 1.91. The Hall–Kier alpha value is -2.89. The standard InChI is InChI=1S/C15H15N3O3/c1-10-5-3-4-6-13(10)17(2)15(19)11-7-8-14(18(20)21)12(16)9-11/h3-9H,16H2,1-2H3. The van der Waals surface area contributed by atoms with Crippen molar-refractivity contribution in [1.29, 1.82) is 0 Å². The van der Waals surface area contributed by atoms with Crippen LogP contribution in [0.3, 0.4) is 0 Å². The molecule has 6 heteroatoms. The van der Waals surface area contributed by atoms with Gasteiger partial charge in [-0.05, 0) is 30.7 Å². The van der Waals surface area contributed by atoms with E-state index < -0.39 is 4.92 Å². The van der Waals surface area contributed by atoms with E-state index in [-0.39, 0.29) is 17.3 Å². The monoisotopic (exact) mass is 285 g/mol. The van der Waals surface area contributed by atoms with E-state index >= 15 is 0 Å². The number of nitrogens with zero attached hydrogens (tertiary/aromatic N) is 2. The van der Waals surface area contributed by atoms with E-state index in [0.29, 0.717) is 5.56 Å². The van der Waals surface area contributed by atoms with Crippen LogP contribution in [0.25, 0.3) is 0 Å². The molecule has 0 aliphatic heterocycles. The molecule has 0 fully saturated rings. The second-order valence-corrected chi connectivity index (χ2v) is 4.68. The van der Waals surface area contributed by atoms with Gasteiger partial charge in [-0.25, -0.2) is 0 Å². The highest BCUT2D eigenvalue weighted by Crippen LogP contribution is 2.25. The van der Waals surface area contributed by atoms with Gasteiger partial charge in [-0.1, -0.05) is 18.2 Å². The molecule has 1 amide bonds. The molecule has 2 aromatic carbocycles. The van der Waals surface area contributed by atoms with Crippen LogP contribution < -0.4 is 10.6 Å². The molecule has 0 aromatic heterocycles. The van der Waals surface area contributed by atoms with Crippen molar-refractivity contribution in [2.24, 2.45) is 0 Å². The molecule has 2 N–H and O–H groups in total. The summed E-state index contributed by atoms with van der Waals surface area (Å²) in [6.07, 6.45) is 0. The van der Waals surface area contributed by atoms with E-state index in [9.17, 15) is 14.9 Å². The maximum absolute atomic E-state index is 12.4. The van der Waals surface area contributed by atoms with E-state index in [2.05, 4.69) is 0 Å². The molecule has 0 heterocycles. The number of aryl methyl sites for hydroxylation is 1. The predicted molar refractivity (Wildman–Crippen MR) is 81.4 cm³/mol. The van der Waals surface area contributed by atoms with Crippen molar-refractivity contribution < 1.29 is 9.72 Å². The summed E-state index contributed by atoms with van der Waals surface area (Å²) in [5, 5.41) is 10.7. The SMILES string of the molecule is Cc1ccccc1N(C)C(=O)c1ccc([N+](=O)[O-])c(N)c1. The smallest absolute Gasteiger partial charge is 0.292 e. The number of hydrogen-bond donors (Lipinski definition) is 1. The summed E-state index contributed by atoms with van der Waals surface area (Å²) in [7, 11) is 1.66. The van der Waals surface area contributed by atoms with Gasteiger partial charge in [-0.2, -0.15) is 0 Å². The number of nitrogens with two attached hydrogens (primary N) is 1. The van der Waals surface area contributed by atoms with Crippen LogP contribution in [0.5, 0.6) is 0 Å². The first kappa shape index (κ1) is 14.5. The van der Waals surface area contributed by atoms with Gasteiger partial charge >= 0.3 is 0 Å². The minimum absolute atomic E-state index is 0.0240. The summed E-state index contributed by atoms with van der Waals surface area (Å²) in [5.74, 6) is -0.272. The Labute approximate surface area is 121 Å². The van der Waals surface area contributed by atoms with Crippen molar-refractivity contribution in [3.05, 3.63) is 63.7 Å². The fraction of sp³-hybridized carbons (Fsp3) is 0.133. The van der Waals surface area contributed by atoms with Gasteiger partial charge in [0.1, 0.15) is 5.69 Å². The lowest BCUT2D eigenvalue weighted by Crippen LogP contribution is -2.27. The van der Waals surface area contributed by atoms with E-state index in [1.807, 2.05) is 31.2 Å². The summed E-state index contributed by atoms with van der Waals surface area (Å²) >= 11 is 0. The molecule has 21 heavy (non-hydrogen) atoms. The Bertz CT molecular complexity index is 713. The third-order valence-electron chi connectivity index (χ3n) is 3.25. The predicted octanol–water partition coefficient (Wildman–Crippen LogP) is 2.76. The number of amides is 1. The molecular formula is C15H15N3O3. The lowest BCUT2D eigenvalue weighted by atomic mass is 10.1. The Morgan fingerprint density at radius 2 is 1.90 bits per heavy atom. The first-order valence-corrected chi connectivity index (χ1v) is 6.29. The first-order valence-electron chi connectivity index (χ1n) is 6.29. The molecule has 0 spiro atoms. The molecule has 0 bridgehead atoms. The highest BCUT2D eigenvalue weighted by Gasteiger charge is 2.18. The topological polar surface area (TPSA) is 89.5 Å². The van der Waals surface area contributed by atoms with Gasteiger partial charge in [-0.3, -0.25) is 14.9 Å². The number of rotatable bonds is 3. The number of nitrogen functional groups attached to an aromatic ring is 1. The number of anilines is 2. The molecule has 0 saturated heterocycles. The van der Waals surface area contributed by atoms with Crippen molar-refractivity contribution in [2.45, 2.75) is 6.92 Å². The highest BCUT2D eigenvalue weighted by molar-refractivity contribution is 6.06. The summed E-state index contributed by atoms with van der Waals surface area (Å²) in [6, 6.07) is 11.5. The van der Waals surface area contributed by atoms with Crippen LogP contribution in [-0.2, 0) is 0 Å². The summed E-state index contributed by atoms with van der Waals surface area (Å²) < 4.78 is 0. The van der Waals surface area contributed by atoms with Crippen LogP contribution in [0.1, 0.15) is 15.9 Å². The zero-order valence-electron chi connectivity index (χ0n) is 11.7. The van der Waals surface area contributed by atoms with Crippen molar-refractivity contribution in [1.82, 2.24) is 0 Å². The summed E-state index contributed by atoms with van der Waals surface area (Å²) in [5.41, 5.74) is 7.44. The molecule has 0 saturated carbocycles. The normalized spacial score (nSPS) is 10.2. The van der Waals surface area contributed by atoms with E-state index in [4.69, 9.17) is 5.73 Å². The van der Waals surface area contributed by atoms with Crippen LogP contribution in [0.4, 0.5) is 17.1 Å². The van der Waals surface area contributed by atoms with Gasteiger partial charge in [0, 0.05) is 24.4 Å². The number of benzene rings is 2. The van der Waals surface area contributed by atoms with Gasteiger partial charge in [0.2, 0.25) is 0 Å². The van der Waals surface area contributed by atoms with Crippen LogP contribution in [0.2, 0.25) is 0 Å². The van der Waals surface area contributed by atoms with Crippen LogP contribution >= 0.6 is 0 Å². The number of nitro benzene ring substituents is 1. The number of hydrogen-bond acceptors (Lipinski definition) is 4. The van der Waals surface area contributed by atoms with Gasteiger partial charge in [0.05, 0.1) is 4.92 Å². The Morgan fingerprint density at radius 1 is 1.24 bits per heavy atom. The van der Waals surface area contributed by atoms with Gasteiger partial charge in [-0.15, -0.1) is 0 Å². The Morgan fingerprint density at radius 3 is 2.48 bits per heavy atom. The maximum atomic E-state index is 12.4. The molecule has 2 rings (SSSR count). The van der Waals surface area contributed by atoms with Crippen LogP contribution in [0.15, 0.2) is 42.5 Å². The quantitative estimate of drug-likeness (QED) is 0.533. The molecule has 2 aromatic rings. The number of carbonyl (C=O) groups is 1. The fourth-order valence-electron chi connectivity index (χ4n) is 2.10. The lowest BCUT2D eigenvalue weighted by molar-refractivity contribution is -0.383. The lowest BCUT2D eigenvalue weighted by Gasteiger charge is -2.19. The maximum Gasteiger partial charge on any atom is 0.292 e. The number of carbonyl (C=O) groups excluding carboxylic acids is 1. The third kappa shape index (κ3) is 2.84. The zero-order chi connectivity index (χ0) is 15.6. The van der Waals surface area contributed by atoms with Crippen molar-refractivity contribution in [3.8, 4) is 0 Å². The Kier molecular flexibility index (Phi) is 3.89. The fourth-order valence-corrected chi connectivity index (χ4v) is 2.10. The van der Waals surface area contributed by atoms with Crippen molar-refractivity contribution in [3.63, 3.8) is 0 Å². The second-order valence-electron chi connectivity index (χ2n) is 4.68. The van der Waals surface area contributed by atoms with Crippen LogP contribution in [-0.4, -0.2) is 17.9 Å². The zero-order valence-corrected chi connectivity index (χ0v) is 11.7. The first-order chi connectivity index (χ1) is 9.91.